The van der Waals surface area contributed by atoms with Crippen molar-refractivity contribution in [3.05, 3.63) is 64.2 Å². The molecule has 2 saturated heterocycles. The number of hydrogen-bond donors (Lipinski definition) is 0. The summed E-state index contributed by atoms with van der Waals surface area (Å²) in [5.41, 5.74) is 2.53. The molecule has 2 aromatic carbocycles. The van der Waals surface area contributed by atoms with Crippen LogP contribution in [0.3, 0.4) is 0 Å². The van der Waals surface area contributed by atoms with Gasteiger partial charge in [-0.2, -0.15) is 9.97 Å². The maximum Gasteiger partial charge on any atom is 0.318 e. The van der Waals surface area contributed by atoms with Gasteiger partial charge in [-0.15, -0.1) is 0 Å². The first kappa shape index (κ1) is 32.0. The van der Waals surface area contributed by atoms with Crippen LogP contribution in [0.1, 0.15) is 30.5 Å². The van der Waals surface area contributed by atoms with E-state index in [0.717, 1.165) is 53.6 Å². The Labute approximate surface area is 270 Å². The lowest BCUT2D eigenvalue weighted by Gasteiger charge is -2.34. The highest BCUT2D eigenvalue weighted by atomic mass is 35.5. The molecule has 3 aliphatic heterocycles. The quantitative estimate of drug-likeness (QED) is 0.291. The second-order valence-electron chi connectivity index (χ2n) is 12.8. The fourth-order valence-corrected chi connectivity index (χ4v) is 8.32. The Bertz CT molecular complexity index is 1680. The van der Waals surface area contributed by atoms with Crippen molar-refractivity contribution < 1.29 is 17.5 Å². The number of hydrogen-bond acceptors (Lipinski definition) is 9. The third-order valence-electron chi connectivity index (χ3n) is 9.27. The molecule has 0 unspecified atom stereocenters. The highest BCUT2D eigenvalue weighted by molar-refractivity contribution is 7.94. The zero-order valence-electron chi connectivity index (χ0n) is 26.3. The third kappa shape index (κ3) is 6.91. The molecule has 3 aliphatic rings. The summed E-state index contributed by atoms with van der Waals surface area (Å²) in [5, 5.41) is 4.07. The Balaban J connectivity index is 1.29. The van der Waals surface area contributed by atoms with Crippen molar-refractivity contribution in [2.75, 3.05) is 76.0 Å². The first-order chi connectivity index (χ1) is 21.5. The molecule has 1 aromatic heterocycles. The van der Waals surface area contributed by atoms with Gasteiger partial charge >= 0.3 is 6.01 Å². The van der Waals surface area contributed by atoms with Gasteiger partial charge in [0.15, 0.2) is 9.84 Å². The van der Waals surface area contributed by atoms with Crippen molar-refractivity contribution in [2.24, 2.45) is 0 Å². The lowest BCUT2D eigenvalue weighted by molar-refractivity contribution is 0.107. The maximum absolute atomic E-state index is 14.4. The zero-order valence-corrected chi connectivity index (χ0v) is 27.8. The van der Waals surface area contributed by atoms with E-state index in [-0.39, 0.29) is 23.8 Å². The van der Waals surface area contributed by atoms with E-state index in [9.17, 15) is 12.8 Å². The molecule has 2 atom stereocenters. The van der Waals surface area contributed by atoms with Crippen molar-refractivity contribution in [1.82, 2.24) is 19.8 Å². The molecule has 2 fully saturated rings. The zero-order chi connectivity index (χ0) is 31.8. The van der Waals surface area contributed by atoms with E-state index < -0.39 is 16.0 Å². The summed E-state index contributed by atoms with van der Waals surface area (Å²) in [7, 11) is 2.25. The van der Waals surface area contributed by atoms with E-state index in [2.05, 4.69) is 28.0 Å². The van der Waals surface area contributed by atoms with E-state index >= 15 is 0 Å². The van der Waals surface area contributed by atoms with Gasteiger partial charge in [0, 0.05) is 61.7 Å². The first-order valence-electron chi connectivity index (χ1n) is 15.6. The number of benzene rings is 2. The SMILES string of the molecule is CN(C)C/C=C/S(=O)(=O)CCN(C)c1nc(OC[C@@]23CCCN2C[C@H](F)C3)nc2c1CCN(c1cccc3cccc(Cl)c13)C2. The smallest absolute Gasteiger partial charge is 0.318 e. The van der Waals surface area contributed by atoms with Crippen LogP contribution in [0.4, 0.5) is 15.9 Å². The number of likely N-dealkylation sites (N-methyl/N-ethyl adjacent to an activating group) is 1. The lowest BCUT2D eigenvalue weighted by Crippen LogP contribution is -2.43. The van der Waals surface area contributed by atoms with E-state index in [0.29, 0.717) is 49.9 Å². The fraction of sp³-hybridized carbons (Fsp3) is 0.515. The molecule has 0 bridgehead atoms. The number of fused-ring (bicyclic) bond motifs is 3. The standard InChI is InChI=1S/C33H42ClFN6O3S/c1-38(2)14-7-18-45(42,43)19-17-39(3)31-26-12-16-40(29-11-5-9-24-8-4-10-27(34)30(24)29)22-28(26)36-32(37-31)44-23-33-13-6-15-41(33)21-25(35)20-33/h4-5,7-11,18,25H,6,12-17,19-23H2,1-3H3/b18-7+/t25-,33+/m1/s1. The van der Waals surface area contributed by atoms with Gasteiger partial charge in [-0.25, -0.2) is 12.8 Å². The van der Waals surface area contributed by atoms with Crippen LogP contribution in [0.15, 0.2) is 47.9 Å². The summed E-state index contributed by atoms with van der Waals surface area (Å²) in [5.74, 6) is 0.632. The third-order valence-corrected chi connectivity index (χ3v) is 10.9. The highest BCUT2D eigenvalue weighted by Gasteiger charge is 2.49. The summed E-state index contributed by atoms with van der Waals surface area (Å²) in [4.78, 5) is 18.0. The van der Waals surface area contributed by atoms with Crippen molar-refractivity contribution >= 4 is 43.7 Å². The van der Waals surface area contributed by atoms with Crippen LogP contribution in [-0.2, 0) is 22.8 Å². The summed E-state index contributed by atoms with van der Waals surface area (Å²) >= 11 is 6.68. The Hall–Kier alpha value is -2.99. The summed E-state index contributed by atoms with van der Waals surface area (Å²) in [6.45, 7) is 3.71. The number of ether oxygens (including phenoxy) is 1. The van der Waals surface area contributed by atoms with Crippen LogP contribution in [0, 0.1) is 0 Å². The molecule has 6 rings (SSSR count). The number of nitrogens with zero attached hydrogens (tertiary/aromatic N) is 6. The molecule has 45 heavy (non-hydrogen) atoms. The molecule has 12 heteroatoms. The van der Waals surface area contributed by atoms with Gasteiger partial charge in [-0.3, -0.25) is 4.90 Å². The number of aromatic nitrogens is 2. The Kier molecular flexibility index (Phi) is 9.25. The number of alkyl halides is 1. The molecule has 242 valence electrons. The summed E-state index contributed by atoms with van der Waals surface area (Å²) < 4.78 is 46.3. The minimum absolute atomic E-state index is 0.0427. The van der Waals surface area contributed by atoms with Gasteiger partial charge in [0.2, 0.25) is 0 Å². The minimum atomic E-state index is -3.40. The van der Waals surface area contributed by atoms with E-state index in [4.69, 9.17) is 26.3 Å². The molecule has 0 radical (unpaired) electrons. The maximum atomic E-state index is 14.4. The number of sulfone groups is 1. The minimum Gasteiger partial charge on any atom is -0.461 e. The largest absolute Gasteiger partial charge is 0.461 e. The van der Waals surface area contributed by atoms with E-state index in [1.54, 1.807) is 6.08 Å². The highest BCUT2D eigenvalue weighted by Crippen LogP contribution is 2.41. The van der Waals surface area contributed by atoms with Gasteiger partial charge in [0.25, 0.3) is 0 Å². The predicted octanol–water partition coefficient (Wildman–Crippen LogP) is 4.73. The van der Waals surface area contributed by atoms with Crippen molar-refractivity contribution in [3.63, 3.8) is 0 Å². The van der Waals surface area contributed by atoms with Crippen LogP contribution < -0.4 is 14.5 Å². The number of anilines is 2. The predicted molar refractivity (Wildman–Crippen MR) is 179 cm³/mol. The molecule has 0 N–H and O–H groups in total. The van der Waals surface area contributed by atoms with Gasteiger partial charge < -0.3 is 19.4 Å². The second-order valence-corrected chi connectivity index (χ2v) is 15.2. The first-order valence-corrected chi connectivity index (χ1v) is 17.7. The molecule has 9 nitrogen and oxygen atoms in total. The van der Waals surface area contributed by atoms with E-state index in [1.165, 1.54) is 5.41 Å². The van der Waals surface area contributed by atoms with Gasteiger partial charge in [-0.1, -0.05) is 41.9 Å². The van der Waals surface area contributed by atoms with Crippen molar-refractivity contribution in [2.45, 2.75) is 43.9 Å². The lowest BCUT2D eigenvalue weighted by atomic mass is 9.95. The Morgan fingerprint density at radius 1 is 1.16 bits per heavy atom. The second kappa shape index (κ2) is 13.0. The van der Waals surface area contributed by atoms with Crippen LogP contribution >= 0.6 is 11.6 Å². The molecular weight excluding hydrogens is 615 g/mol. The van der Waals surface area contributed by atoms with Gasteiger partial charge in [-0.05, 0) is 57.4 Å². The molecule has 0 saturated carbocycles. The molecule has 0 amide bonds. The monoisotopic (exact) mass is 656 g/mol. The molecule has 0 aliphatic carbocycles. The van der Waals surface area contributed by atoms with Crippen LogP contribution in [-0.4, -0.2) is 106 Å². The Morgan fingerprint density at radius 3 is 2.76 bits per heavy atom. The number of rotatable bonds is 11. The Morgan fingerprint density at radius 2 is 1.96 bits per heavy atom. The average Bonchev–Trinajstić information content (AvgIpc) is 3.53. The van der Waals surface area contributed by atoms with Crippen LogP contribution in [0.25, 0.3) is 10.8 Å². The van der Waals surface area contributed by atoms with Gasteiger partial charge in [0.05, 0.1) is 28.6 Å². The normalized spacial score (nSPS) is 22.0. The van der Waals surface area contributed by atoms with E-state index in [1.807, 2.05) is 49.1 Å². The number of halogens is 2. The topological polar surface area (TPSA) is 82.1 Å². The average molecular weight is 657 g/mol. The molecular formula is C33H42ClFN6O3S. The molecule has 0 spiro atoms. The molecule has 4 heterocycles. The van der Waals surface area contributed by atoms with Crippen molar-refractivity contribution in [3.8, 4) is 6.01 Å². The van der Waals surface area contributed by atoms with Crippen molar-refractivity contribution in [1.29, 1.82) is 0 Å². The summed E-state index contributed by atoms with van der Waals surface area (Å²) in [6, 6.07) is 12.3. The summed E-state index contributed by atoms with van der Waals surface area (Å²) in [6.07, 6.45) is 3.86. The van der Waals surface area contributed by atoms with Crippen LogP contribution in [0.2, 0.25) is 5.02 Å². The van der Waals surface area contributed by atoms with Crippen LogP contribution in [0.5, 0.6) is 6.01 Å². The van der Waals surface area contributed by atoms with Gasteiger partial charge in [0.1, 0.15) is 18.6 Å². The fourth-order valence-electron chi connectivity index (χ4n) is 7.00. The molecule has 3 aromatic rings.